The molecule has 1 amide bonds. The Kier molecular flexibility index (Phi) is 5.05. The molecule has 0 saturated heterocycles. The van der Waals surface area contributed by atoms with E-state index in [0.717, 1.165) is 6.54 Å². The van der Waals surface area contributed by atoms with E-state index in [0.29, 0.717) is 18.5 Å². The van der Waals surface area contributed by atoms with Crippen LogP contribution >= 0.6 is 0 Å². The van der Waals surface area contributed by atoms with Crippen LogP contribution in [0.5, 0.6) is 0 Å². The van der Waals surface area contributed by atoms with Gasteiger partial charge in [-0.05, 0) is 26.3 Å². The molecule has 1 atom stereocenters. The van der Waals surface area contributed by atoms with E-state index in [9.17, 15) is 4.79 Å². The molecule has 0 aromatic rings. The predicted molar refractivity (Wildman–Crippen MR) is 61.0 cm³/mol. The molecule has 1 rings (SSSR count). The van der Waals surface area contributed by atoms with Crippen molar-refractivity contribution in [3.05, 3.63) is 0 Å². The Bertz CT molecular complexity index is 202. The molecule has 1 saturated carbocycles. The number of nitrogens with zero attached hydrogens (tertiary/aromatic N) is 1. The van der Waals surface area contributed by atoms with Crippen LogP contribution in [-0.4, -0.2) is 29.4 Å². The van der Waals surface area contributed by atoms with Gasteiger partial charge >= 0.3 is 0 Å². The number of hydrogen-bond donors (Lipinski definition) is 2. The molecule has 1 fully saturated rings. The van der Waals surface area contributed by atoms with E-state index in [-0.39, 0.29) is 5.91 Å². The fourth-order valence-electron chi connectivity index (χ4n) is 2.61. The Morgan fingerprint density at radius 1 is 1.53 bits per heavy atom. The zero-order chi connectivity index (χ0) is 11.3. The molecule has 1 aliphatic rings. The number of carbonyl (C=O) groups is 1. The highest BCUT2D eigenvalue weighted by Crippen LogP contribution is 2.25. The first-order valence-corrected chi connectivity index (χ1v) is 5.94. The quantitative estimate of drug-likeness (QED) is 0.407. The lowest BCUT2D eigenvalue weighted by Crippen LogP contribution is -2.43. The molecular weight excluding hydrogens is 190 g/mol. The summed E-state index contributed by atoms with van der Waals surface area (Å²) in [4.78, 5) is 13.6. The SMILES string of the molecule is CCN(C(C)CC(=O)NN)C1CCCC1. The normalized spacial score (nSPS) is 19.5. The third-order valence-corrected chi connectivity index (χ3v) is 3.37. The van der Waals surface area contributed by atoms with Crippen LogP contribution in [0.1, 0.15) is 46.0 Å². The number of hydrogen-bond acceptors (Lipinski definition) is 3. The van der Waals surface area contributed by atoms with Gasteiger partial charge in [0, 0.05) is 18.5 Å². The van der Waals surface area contributed by atoms with Crippen molar-refractivity contribution in [3.8, 4) is 0 Å². The smallest absolute Gasteiger partial charge is 0.235 e. The minimum Gasteiger partial charge on any atom is -0.297 e. The molecule has 0 radical (unpaired) electrons. The molecule has 0 heterocycles. The van der Waals surface area contributed by atoms with Gasteiger partial charge < -0.3 is 0 Å². The largest absolute Gasteiger partial charge is 0.297 e. The third-order valence-electron chi connectivity index (χ3n) is 3.37. The molecule has 0 aromatic heterocycles. The van der Waals surface area contributed by atoms with Gasteiger partial charge in [0.15, 0.2) is 0 Å². The van der Waals surface area contributed by atoms with E-state index < -0.39 is 0 Å². The van der Waals surface area contributed by atoms with Crippen LogP contribution < -0.4 is 11.3 Å². The van der Waals surface area contributed by atoms with Crippen LogP contribution in [-0.2, 0) is 4.79 Å². The lowest BCUT2D eigenvalue weighted by atomic mass is 10.1. The molecule has 3 N–H and O–H groups in total. The lowest BCUT2D eigenvalue weighted by molar-refractivity contribution is -0.122. The van der Waals surface area contributed by atoms with Crippen LogP contribution in [0.2, 0.25) is 0 Å². The average molecular weight is 213 g/mol. The molecule has 15 heavy (non-hydrogen) atoms. The molecule has 0 aromatic carbocycles. The molecule has 4 nitrogen and oxygen atoms in total. The van der Waals surface area contributed by atoms with Gasteiger partial charge in [0.05, 0.1) is 0 Å². The molecule has 0 spiro atoms. The number of hydrazine groups is 1. The molecule has 0 aliphatic heterocycles. The maximum Gasteiger partial charge on any atom is 0.235 e. The van der Waals surface area contributed by atoms with E-state index >= 15 is 0 Å². The van der Waals surface area contributed by atoms with Crippen LogP contribution in [0.25, 0.3) is 0 Å². The van der Waals surface area contributed by atoms with Gasteiger partial charge in [0.2, 0.25) is 5.91 Å². The molecule has 0 bridgehead atoms. The summed E-state index contributed by atoms with van der Waals surface area (Å²) in [6.07, 6.45) is 5.72. The monoisotopic (exact) mass is 213 g/mol. The van der Waals surface area contributed by atoms with E-state index in [2.05, 4.69) is 24.2 Å². The predicted octanol–water partition coefficient (Wildman–Crippen LogP) is 1.02. The summed E-state index contributed by atoms with van der Waals surface area (Å²) >= 11 is 0. The van der Waals surface area contributed by atoms with Crippen LogP contribution in [0, 0.1) is 0 Å². The third kappa shape index (κ3) is 3.47. The standard InChI is InChI=1S/C11H23N3O/c1-3-14(10-6-4-5-7-10)9(2)8-11(15)13-12/h9-10H,3-8,12H2,1-2H3,(H,13,15). The van der Waals surface area contributed by atoms with Crippen molar-refractivity contribution in [3.63, 3.8) is 0 Å². The van der Waals surface area contributed by atoms with Gasteiger partial charge in [0.25, 0.3) is 0 Å². The zero-order valence-corrected chi connectivity index (χ0v) is 9.83. The topological polar surface area (TPSA) is 58.4 Å². The number of nitrogens with two attached hydrogens (primary N) is 1. The highest BCUT2D eigenvalue weighted by atomic mass is 16.2. The highest BCUT2D eigenvalue weighted by molar-refractivity contribution is 5.75. The highest BCUT2D eigenvalue weighted by Gasteiger charge is 2.25. The number of nitrogens with one attached hydrogen (secondary N) is 1. The van der Waals surface area contributed by atoms with Gasteiger partial charge in [-0.3, -0.25) is 15.1 Å². The molecule has 88 valence electrons. The minimum absolute atomic E-state index is 0.0704. The Hall–Kier alpha value is -0.610. The summed E-state index contributed by atoms with van der Waals surface area (Å²) in [5, 5.41) is 0. The lowest BCUT2D eigenvalue weighted by Gasteiger charge is -2.33. The van der Waals surface area contributed by atoms with Crippen molar-refractivity contribution in [2.24, 2.45) is 5.84 Å². The second-order valence-electron chi connectivity index (χ2n) is 4.39. The summed E-state index contributed by atoms with van der Waals surface area (Å²) in [5.41, 5.74) is 2.20. The van der Waals surface area contributed by atoms with Crippen molar-refractivity contribution < 1.29 is 4.79 Å². The van der Waals surface area contributed by atoms with Gasteiger partial charge in [-0.25, -0.2) is 5.84 Å². The van der Waals surface area contributed by atoms with Gasteiger partial charge in [-0.2, -0.15) is 0 Å². The number of amides is 1. The van der Waals surface area contributed by atoms with Gasteiger partial charge in [-0.15, -0.1) is 0 Å². The maximum absolute atomic E-state index is 11.2. The summed E-state index contributed by atoms with van der Waals surface area (Å²) in [6.45, 7) is 5.29. The van der Waals surface area contributed by atoms with E-state index in [1.54, 1.807) is 0 Å². The maximum atomic E-state index is 11.2. The van der Waals surface area contributed by atoms with Crippen LogP contribution in [0.4, 0.5) is 0 Å². The molecule has 1 unspecified atom stereocenters. The van der Waals surface area contributed by atoms with Crippen molar-refractivity contribution in [1.82, 2.24) is 10.3 Å². The van der Waals surface area contributed by atoms with Gasteiger partial charge in [0.1, 0.15) is 0 Å². The van der Waals surface area contributed by atoms with Crippen molar-refractivity contribution in [1.29, 1.82) is 0 Å². The zero-order valence-electron chi connectivity index (χ0n) is 9.83. The summed E-state index contributed by atoms with van der Waals surface area (Å²) in [7, 11) is 0. The van der Waals surface area contributed by atoms with Crippen molar-refractivity contribution >= 4 is 5.91 Å². The van der Waals surface area contributed by atoms with Gasteiger partial charge in [-0.1, -0.05) is 19.8 Å². The Morgan fingerprint density at radius 3 is 2.60 bits per heavy atom. The first kappa shape index (κ1) is 12.5. The summed E-state index contributed by atoms with van der Waals surface area (Å²) in [6, 6.07) is 0.970. The second-order valence-corrected chi connectivity index (χ2v) is 4.39. The average Bonchev–Trinajstić information content (AvgIpc) is 2.72. The molecule has 1 aliphatic carbocycles. The summed E-state index contributed by atoms with van der Waals surface area (Å²) in [5.74, 6) is 5.03. The Balaban J connectivity index is 2.45. The van der Waals surface area contributed by atoms with E-state index in [1.807, 2.05) is 0 Å². The first-order chi connectivity index (χ1) is 7.19. The fraction of sp³-hybridized carbons (Fsp3) is 0.909. The first-order valence-electron chi connectivity index (χ1n) is 5.94. The van der Waals surface area contributed by atoms with Crippen LogP contribution in [0.15, 0.2) is 0 Å². The van der Waals surface area contributed by atoms with Crippen molar-refractivity contribution in [2.45, 2.75) is 58.0 Å². The Labute approximate surface area is 92.2 Å². The summed E-state index contributed by atoms with van der Waals surface area (Å²) < 4.78 is 0. The Morgan fingerprint density at radius 2 is 2.13 bits per heavy atom. The second kappa shape index (κ2) is 6.08. The number of carbonyl (C=O) groups excluding carboxylic acids is 1. The molecule has 4 heteroatoms. The fourth-order valence-corrected chi connectivity index (χ4v) is 2.61. The van der Waals surface area contributed by atoms with E-state index in [4.69, 9.17) is 5.84 Å². The van der Waals surface area contributed by atoms with Crippen LogP contribution in [0.3, 0.4) is 0 Å². The van der Waals surface area contributed by atoms with E-state index in [1.165, 1.54) is 25.7 Å². The molecular formula is C11H23N3O. The van der Waals surface area contributed by atoms with Crippen molar-refractivity contribution in [2.75, 3.05) is 6.54 Å². The number of rotatable bonds is 5. The minimum atomic E-state index is -0.0704.